The van der Waals surface area contributed by atoms with Crippen molar-refractivity contribution in [3.8, 4) is 0 Å². The molecule has 22 heavy (non-hydrogen) atoms. The molecule has 0 aliphatic carbocycles. The highest BCUT2D eigenvalue weighted by atomic mass is 32.1. The third-order valence-corrected chi connectivity index (χ3v) is 4.02. The predicted molar refractivity (Wildman–Crippen MR) is 90.2 cm³/mol. The van der Waals surface area contributed by atoms with Crippen LogP contribution in [0.15, 0.2) is 41.8 Å². The zero-order valence-electron chi connectivity index (χ0n) is 12.5. The van der Waals surface area contributed by atoms with Gasteiger partial charge in [0, 0.05) is 11.4 Å². The lowest BCUT2D eigenvalue weighted by molar-refractivity contribution is -0.118. The Labute approximate surface area is 133 Å². The Bertz CT molecular complexity index is 653. The highest BCUT2D eigenvalue weighted by Gasteiger charge is 2.17. The summed E-state index contributed by atoms with van der Waals surface area (Å²) in [6.07, 6.45) is 0. The van der Waals surface area contributed by atoms with E-state index in [2.05, 4.69) is 10.6 Å². The van der Waals surface area contributed by atoms with E-state index in [0.717, 1.165) is 0 Å². The minimum Gasteiger partial charge on any atom is -0.325 e. The molecular formula is C16H19N3O2S. The molecule has 2 rings (SSSR count). The number of hydrogen-bond acceptors (Lipinski definition) is 4. The maximum Gasteiger partial charge on any atom is 0.265 e. The SMILES string of the molecule is CC(C)[C@H](N)C(=O)Nc1cccc(NC(=O)c2cccs2)c1. The molecule has 0 saturated heterocycles. The molecule has 2 amide bonds. The van der Waals surface area contributed by atoms with E-state index in [1.807, 2.05) is 25.3 Å². The first-order valence-electron chi connectivity index (χ1n) is 6.98. The molecule has 2 aromatic rings. The van der Waals surface area contributed by atoms with Crippen molar-refractivity contribution < 1.29 is 9.59 Å². The molecule has 5 nitrogen and oxygen atoms in total. The molecule has 0 fully saturated rings. The van der Waals surface area contributed by atoms with Gasteiger partial charge in [-0.1, -0.05) is 26.0 Å². The lowest BCUT2D eigenvalue weighted by Crippen LogP contribution is -2.39. The van der Waals surface area contributed by atoms with Gasteiger partial charge >= 0.3 is 0 Å². The Hall–Kier alpha value is -2.18. The summed E-state index contributed by atoms with van der Waals surface area (Å²) in [6, 6.07) is 10.0. The average Bonchev–Trinajstić information content (AvgIpc) is 3.01. The normalized spacial score (nSPS) is 12.0. The van der Waals surface area contributed by atoms with Crippen LogP contribution in [0.1, 0.15) is 23.5 Å². The second kappa shape index (κ2) is 7.20. The van der Waals surface area contributed by atoms with Crippen LogP contribution in [0.3, 0.4) is 0 Å². The largest absolute Gasteiger partial charge is 0.325 e. The van der Waals surface area contributed by atoms with Crippen molar-refractivity contribution in [3.63, 3.8) is 0 Å². The van der Waals surface area contributed by atoms with E-state index in [4.69, 9.17) is 5.73 Å². The molecule has 0 aliphatic rings. The van der Waals surface area contributed by atoms with E-state index < -0.39 is 6.04 Å². The molecule has 1 heterocycles. The summed E-state index contributed by atoms with van der Waals surface area (Å²) in [4.78, 5) is 24.6. The van der Waals surface area contributed by atoms with E-state index in [-0.39, 0.29) is 17.7 Å². The number of anilines is 2. The highest BCUT2D eigenvalue weighted by Crippen LogP contribution is 2.18. The van der Waals surface area contributed by atoms with Gasteiger partial charge in [-0.2, -0.15) is 0 Å². The van der Waals surface area contributed by atoms with Gasteiger partial charge < -0.3 is 16.4 Å². The summed E-state index contributed by atoms with van der Waals surface area (Å²) in [5, 5.41) is 7.40. The summed E-state index contributed by atoms with van der Waals surface area (Å²) in [7, 11) is 0. The number of benzene rings is 1. The van der Waals surface area contributed by atoms with Gasteiger partial charge in [-0.25, -0.2) is 0 Å². The average molecular weight is 317 g/mol. The van der Waals surface area contributed by atoms with E-state index in [9.17, 15) is 9.59 Å². The third-order valence-electron chi connectivity index (χ3n) is 3.15. The van der Waals surface area contributed by atoms with Gasteiger partial charge in [0.2, 0.25) is 5.91 Å². The van der Waals surface area contributed by atoms with Crippen molar-refractivity contribution in [1.29, 1.82) is 0 Å². The van der Waals surface area contributed by atoms with Gasteiger partial charge in [-0.3, -0.25) is 9.59 Å². The van der Waals surface area contributed by atoms with Crippen molar-refractivity contribution in [3.05, 3.63) is 46.7 Å². The smallest absolute Gasteiger partial charge is 0.265 e. The Balaban J connectivity index is 2.04. The van der Waals surface area contributed by atoms with Crippen LogP contribution < -0.4 is 16.4 Å². The van der Waals surface area contributed by atoms with Gasteiger partial charge in [0.15, 0.2) is 0 Å². The molecule has 1 aromatic carbocycles. The number of carbonyl (C=O) groups is 2. The van der Waals surface area contributed by atoms with Crippen LogP contribution in [-0.2, 0) is 4.79 Å². The molecule has 1 aromatic heterocycles. The Morgan fingerprint density at radius 2 is 1.77 bits per heavy atom. The number of thiophene rings is 1. The number of rotatable bonds is 5. The number of nitrogens with two attached hydrogens (primary N) is 1. The van der Waals surface area contributed by atoms with Gasteiger partial charge in [0.05, 0.1) is 10.9 Å². The quantitative estimate of drug-likeness (QED) is 0.792. The molecule has 0 saturated carbocycles. The van der Waals surface area contributed by atoms with Crippen molar-refractivity contribution >= 4 is 34.5 Å². The summed E-state index contributed by atoms with van der Waals surface area (Å²) >= 11 is 1.37. The number of nitrogens with one attached hydrogen (secondary N) is 2. The standard InChI is InChI=1S/C16H19N3O2S/c1-10(2)14(17)16(21)19-12-6-3-5-11(9-12)18-15(20)13-7-4-8-22-13/h3-10,14H,17H2,1-2H3,(H,18,20)(H,19,21)/t14-/m0/s1. The number of carbonyl (C=O) groups excluding carboxylic acids is 2. The van der Waals surface area contributed by atoms with Crippen molar-refractivity contribution in [2.75, 3.05) is 10.6 Å². The first-order chi connectivity index (χ1) is 10.5. The van der Waals surface area contributed by atoms with Gasteiger partial charge in [0.25, 0.3) is 5.91 Å². The fourth-order valence-corrected chi connectivity index (χ4v) is 2.42. The second-order valence-corrected chi connectivity index (χ2v) is 6.22. The van der Waals surface area contributed by atoms with Gasteiger partial charge in [-0.15, -0.1) is 11.3 Å². The first-order valence-corrected chi connectivity index (χ1v) is 7.86. The third kappa shape index (κ3) is 4.16. The Kier molecular flexibility index (Phi) is 5.30. The zero-order chi connectivity index (χ0) is 16.1. The van der Waals surface area contributed by atoms with Crippen LogP contribution in [0.4, 0.5) is 11.4 Å². The summed E-state index contributed by atoms with van der Waals surface area (Å²) < 4.78 is 0. The molecule has 0 unspecified atom stereocenters. The monoisotopic (exact) mass is 317 g/mol. The topological polar surface area (TPSA) is 84.2 Å². The molecule has 1 atom stereocenters. The molecule has 116 valence electrons. The summed E-state index contributed by atoms with van der Waals surface area (Å²) in [5.74, 6) is -0.351. The fourth-order valence-electron chi connectivity index (χ4n) is 1.80. The van der Waals surface area contributed by atoms with Gasteiger partial charge in [-0.05, 0) is 35.6 Å². The minimum atomic E-state index is -0.565. The zero-order valence-corrected chi connectivity index (χ0v) is 13.3. The van der Waals surface area contributed by atoms with Crippen molar-refractivity contribution in [2.45, 2.75) is 19.9 Å². The fraction of sp³-hybridized carbons (Fsp3) is 0.250. The molecule has 0 bridgehead atoms. The van der Waals surface area contributed by atoms with Crippen LogP contribution in [0.2, 0.25) is 0 Å². The Morgan fingerprint density at radius 1 is 1.09 bits per heavy atom. The van der Waals surface area contributed by atoms with E-state index in [1.54, 1.807) is 30.3 Å². The van der Waals surface area contributed by atoms with Crippen molar-refractivity contribution in [2.24, 2.45) is 11.7 Å². The Morgan fingerprint density at radius 3 is 2.36 bits per heavy atom. The first kappa shape index (κ1) is 16.2. The lowest BCUT2D eigenvalue weighted by atomic mass is 10.0. The molecule has 4 N–H and O–H groups in total. The number of amides is 2. The van der Waals surface area contributed by atoms with Crippen molar-refractivity contribution in [1.82, 2.24) is 0 Å². The van der Waals surface area contributed by atoms with Crippen LogP contribution in [0.5, 0.6) is 0 Å². The van der Waals surface area contributed by atoms with E-state index in [0.29, 0.717) is 16.3 Å². The van der Waals surface area contributed by atoms with Crippen LogP contribution in [-0.4, -0.2) is 17.9 Å². The molecule has 6 heteroatoms. The molecular weight excluding hydrogens is 298 g/mol. The van der Waals surface area contributed by atoms with Crippen LogP contribution in [0.25, 0.3) is 0 Å². The maximum absolute atomic E-state index is 12.0. The molecule has 0 aliphatic heterocycles. The van der Waals surface area contributed by atoms with Gasteiger partial charge in [0.1, 0.15) is 0 Å². The maximum atomic E-state index is 12.0. The predicted octanol–water partition coefficient (Wildman–Crippen LogP) is 2.92. The second-order valence-electron chi connectivity index (χ2n) is 5.27. The summed E-state index contributed by atoms with van der Waals surface area (Å²) in [6.45, 7) is 3.78. The summed E-state index contributed by atoms with van der Waals surface area (Å²) in [5.41, 5.74) is 7.03. The molecule has 0 radical (unpaired) electrons. The van der Waals surface area contributed by atoms with E-state index >= 15 is 0 Å². The lowest BCUT2D eigenvalue weighted by Gasteiger charge is -2.15. The van der Waals surface area contributed by atoms with E-state index in [1.165, 1.54) is 11.3 Å². The minimum absolute atomic E-state index is 0.0571. The number of hydrogen-bond donors (Lipinski definition) is 3. The molecule has 0 spiro atoms. The highest BCUT2D eigenvalue weighted by molar-refractivity contribution is 7.12. The van der Waals surface area contributed by atoms with Crippen LogP contribution >= 0.6 is 11.3 Å². The van der Waals surface area contributed by atoms with Crippen LogP contribution in [0, 0.1) is 5.92 Å².